The molecule has 5 aromatic rings. The van der Waals surface area contributed by atoms with Gasteiger partial charge in [0.1, 0.15) is 24.7 Å². The lowest BCUT2D eigenvalue weighted by molar-refractivity contribution is 0.306. The van der Waals surface area contributed by atoms with Crippen molar-refractivity contribution in [1.82, 2.24) is 0 Å². The molecule has 0 amide bonds. The molecule has 0 atom stereocenters. The Morgan fingerprint density at radius 1 is 0.417 bits per heavy atom. The van der Waals surface area contributed by atoms with Crippen molar-refractivity contribution < 1.29 is 9.47 Å². The van der Waals surface area contributed by atoms with Crippen LogP contribution in [0.2, 0.25) is 0 Å². The first-order valence-corrected chi connectivity index (χ1v) is 12.3. The van der Waals surface area contributed by atoms with Crippen LogP contribution in [0.1, 0.15) is 34.7 Å². The van der Waals surface area contributed by atoms with Crippen molar-refractivity contribution in [2.24, 2.45) is 0 Å². The number of rotatable bonds is 9. The maximum Gasteiger partial charge on any atom is 0.119 e. The molecule has 0 saturated carbocycles. The highest BCUT2D eigenvalue weighted by molar-refractivity contribution is 5.51. The van der Waals surface area contributed by atoms with Gasteiger partial charge < -0.3 is 9.47 Å². The zero-order valence-electron chi connectivity index (χ0n) is 20.5. The molecule has 36 heavy (non-hydrogen) atoms. The lowest BCUT2D eigenvalue weighted by Crippen LogP contribution is -2.25. The van der Waals surface area contributed by atoms with Crippen LogP contribution in [0.15, 0.2) is 140 Å². The van der Waals surface area contributed by atoms with Crippen molar-refractivity contribution in [3.05, 3.63) is 167 Å². The summed E-state index contributed by atoms with van der Waals surface area (Å²) < 4.78 is 12.1. The molecule has 0 N–H and O–H groups in total. The second-order valence-electron chi connectivity index (χ2n) is 9.09. The minimum Gasteiger partial charge on any atom is -0.489 e. The van der Waals surface area contributed by atoms with E-state index in [1.54, 1.807) is 0 Å². The molecule has 0 heterocycles. The number of hydrogen-bond acceptors (Lipinski definition) is 2. The van der Waals surface area contributed by atoms with Gasteiger partial charge >= 0.3 is 0 Å². The summed E-state index contributed by atoms with van der Waals surface area (Å²) in [4.78, 5) is 0. The van der Waals surface area contributed by atoms with E-state index in [1.807, 2.05) is 36.4 Å². The molecule has 0 radical (unpaired) electrons. The van der Waals surface area contributed by atoms with Crippen LogP contribution in [-0.2, 0) is 18.6 Å². The molecular formula is C34H30O2. The average Bonchev–Trinajstić information content (AvgIpc) is 2.97. The Morgan fingerprint density at radius 2 is 0.750 bits per heavy atom. The van der Waals surface area contributed by atoms with Crippen LogP contribution in [0.5, 0.6) is 11.5 Å². The molecule has 0 aliphatic rings. The largest absolute Gasteiger partial charge is 0.489 e. The molecule has 2 nitrogen and oxygen atoms in total. The van der Waals surface area contributed by atoms with Crippen molar-refractivity contribution in [1.29, 1.82) is 0 Å². The van der Waals surface area contributed by atoms with E-state index in [2.05, 4.69) is 110 Å². The molecule has 0 aliphatic heterocycles. The second kappa shape index (κ2) is 11.0. The van der Waals surface area contributed by atoms with Crippen molar-refractivity contribution in [3.8, 4) is 11.5 Å². The van der Waals surface area contributed by atoms with E-state index in [1.165, 1.54) is 16.7 Å². The summed E-state index contributed by atoms with van der Waals surface area (Å²) in [5.74, 6) is 1.73. The fourth-order valence-corrected chi connectivity index (χ4v) is 4.52. The van der Waals surface area contributed by atoms with Gasteiger partial charge in [0.25, 0.3) is 0 Å². The Hall–Kier alpha value is -4.30. The number of hydrogen-bond donors (Lipinski definition) is 0. The van der Waals surface area contributed by atoms with Crippen molar-refractivity contribution in [2.45, 2.75) is 25.6 Å². The standard InChI is InChI=1S/C34H30O2/c1-34(29-15-9-4-10-16-29,30-17-21-32(22-18-30)35-25-27-11-5-2-6-12-27)31-19-23-33(24-20-31)36-26-28-13-7-3-8-14-28/h2-24H,25-26H2,1H3. The molecule has 0 unspecified atom stereocenters. The zero-order valence-corrected chi connectivity index (χ0v) is 20.5. The Morgan fingerprint density at radius 3 is 1.14 bits per heavy atom. The molecule has 5 aromatic carbocycles. The molecule has 0 saturated heterocycles. The third-order valence-electron chi connectivity index (χ3n) is 6.71. The van der Waals surface area contributed by atoms with Crippen LogP contribution in [0.25, 0.3) is 0 Å². The molecule has 0 aromatic heterocycles. The van der Waals surface area contributed by atoms with E-state index in [-0.39, 0.29) is 5.41 Å². The van der Waals surface area contributed by atoms with Crippen molar-refractivity contribution in [3.63, 3.8) is 0 Å². The topological polar surface area (TPSA) is 18.5 Å². The van der Waals surface area contributed by atoms with Gasteiger partial charge in [-0.2, -0.15) is 0 Å². The summed E-state index contributed by atoms with van der Waals surface area (Å²) in [7, 11) is 0. The highest BCUT2D eigenvalue weighted by Crippen LogP contribution is 2.40. The summed E-state index contributed by atoms with van der Waals surface area (Å²) in [5, 5.41) is 0. The van der Waals surface area contributed by atoms with Gasteiger partial charge in [0.2, 0.25) is 0 Å². The quantitative estimate of drug-likeness (QED) is 0.202. The predicted molar refractivity (Wildman–Crippen MR) is 146 cm³/mol. The van der Waals surface area contributed by atoms with Gasteiger partial charge in [-0.3, -0.25) is 0 Å². The Bertz CT molecular complexity index is 1260. The van der Waals surface area contributed by atoms with Gasteiger partial charge in [0.05, 0.1) is 0 Å². The van der Waals surface area contributed by atoms with Gasteiger partial charge in [-0.05, 0) is 59.0 Å². The monoisotopic (exact) mass is 470 g/mol. The third kappa shape index (κ3) is 5.34. The van der Waals surface area contributed by atoms with Crippen LogP contribution >= 0.6 is 0 Å². The maximum atomic E-state index is 6.03. The van der Waals surface area contributed by atoms with E-state index in [4.69, 9.17) is 9.47 Å². The Labute approximate surface area is 213 Å². The summed E-state index contributed by atoms with van der Waals surface area (Å²) in [5.41, 5.74) is 5.64. The van der Waals surface area contributed by atoms with Gasteiger partial charge in [-0.15, -0.1) is 0 Å². The second-order valence-corrected chi connectivity index (χ2v) is 9.09. The Kier molecular flexibility index (Phi) is 7.14. The molecular weight excluding hydrogens is 440 g/mol. The van der Waals surface area contributed by atoms with Crippen LogP contribution in [-0.4, -0.2) is 0 Å². The number of ether oxygens (including phenoxy) is 2. The SMILES string of the molecule is CC(c1ccccc1)(c1ccc(OCc2ccccc2)cc1)c1ccc(OCc2ccccc2)cc1. The summed E-state index contributed by atoms with van der Waals surface area (Å²) in [6, 6.07) is 48.1. The summed E-state index contributed by atoms with van der Waals surface area (Å²) >= 11 is 0. The first-order valence-electron chi connectivity index (χ1n) is 12.3. The molecule has 0 fully saturated rings. The van der Waals surface area contributed by atoms with Crippen molar-refractivity contribution in [2.75, 3.05) is 0 Å². The molecule has 5 rings (SSSR count). The minimum absolute atomic E-state index is 0.322. The van der Waals surface area contributed by atoms with Crippen LogP contribution in [0.3, 0.4) is 0 Å². The Balaban J connectivity index is 1.38. The minimum atomic E-state index is -0.322. The lowest BCUT2D eigenvalue weighted by Gasteiger charge is -2.32. The lowest BCUT2D eigenvalue weighted by atomic mass is 9.71. The van der Waals surface area contributed by atoms with Crippen LogP contribution in [0.4, 0.5) is 0 Å². The summed E-state index contributed by atoms with van der Waals surface area (Å²) in [6.45, 7) is 3.39. The first-order chi connectivity index (χ1) is 17.7. The van der Waals surface area contributed by atoms with Crippen LogP contribution < -0.4 is 9.47 Å². The van der Waals surface area contributed by atoms with Gasteiger partial charge in [-0.1, -0.05) is 115 Å². The molecule has 178 valence electrons. The normalized spacial score (nSPS) is 11.1. The highest BCUT2D eigenvalue weighted by Gasteiger charge is 2.31. The van der Waals surface area contributed by atoms with E-state index >= 15 is 0 Å². The van der Waals surface area contributed by atoms with Crippen LogP contribution in [0, 0.1) is 0 Å². The van der Waals surface area contributed by atoms with Gasteiger partial charge in [0.15, 0.2) is 0 Å². The fraction of sp³-hybridized carbons (Fsp3) is 0.118. The third-order valence-corrected chi connectivity index (χ3v) is 6.71. The predicted octanol–water partition coefficient (Wildman–Crippen LogP) is 8.20. The first kappa shape index (κ1) is 23.4. The van der Waals surface area contributed by atoms with Gasteiger partial charge in [0, 0.05) is 5.41 Å². The summed E-state index contributed by atoms with van der Waals surface area (Å²) in [6.07, 6.45) is 0. The van der Waals surface area contributed by atoms with E-state index < -0.39 is 0 Å². The van der Waals surface area contributed by atoms with E-state index in [0.717, 1.165) is 22.6 Å². The molecule has 0 spiro atoms. The fourth-order valence-electron chi connectivity index (χ4n) is 4.52. The van der Waals surface area contributed by atoms with Gasteiger partial charge in [-0.25, -0.2) is 0 Å². The smallest absolute Gasteiger partial charge is 0.119 e. The molecule has 0 aliphatic carbocycles. The van der Waals surface area contributed by atoms with E-state index in [9.17, 15) is 0 Å². The number of benzene rings is 5. The molecule has 0 bridgehead atoms. The maximum absolute atomic E-state index is 6.03. The van der Waals surface area contributed by atoms with E-state index in [0.29, 0.717) is 13.2 Å². The average molecular weight is 471 g/mol. The highest BCUT2D eigenvalue weighted by atomic mass is 16.5. The van der Waals surface area contributed by atoms with Crippen molar-refractivity contribution >= 4 is 0 Å². The zero-order chi connectivity index (χ0) is 24.6. The molecule has 2 heteroatoms.